The Kier molecular flexibility index (Phi) is 6.21. The molecule has 3 rings (SSSR count). The summed E-state index contributed by atoms with van der Waals surface area (Å²) in [6, 6.07) is 12.1. The third-order valence-electron chi connectivity index (χ3n) is 4.02. The number of nitrogens with one attached hydrogen (secondary N) is 1. The fourth-order valence-electron chi connectivity index (χ4n) is 2.71. The number of benzene rings is 2. The van der Waals surface area contributed by atoms with E-state index >= 15 is 0 Å². The van der Waals surface area contributed by atoms with Crippen LogP contribution >= 0.6 is 23.5 Å². The van der Waals surface area contributed by atoms with Crippen LogP contribution in [0.5, 0.6) is 0 Å². The van der Waals surface area contributed by atoms with Crippen LogP contribution in [0.3, 0.4) is 0 Å². The molecule has 2 aromatic carbocycles. The van der Waals surface area contributed by atoms with Crippen molar-refractivity contribution in [3.05, 3.63) is 71.0 Å². The molecular weight excluding hydrogens is 373 g/mol. The van der Waals surface area contributed by atoms with E-state index in [2.05, 4.69) is 5.32 Å². The number of amides is 1. The highest BCUT2D eigenvalue weighted by Crippen LogP contribution is 2.45. The highest BCUT2D eigenvalue weighted by atomic mass is 32.2. The molecular formula is C19H18FNO3S2. The van der Waals surface area contributed by atoms with Gasteiger partial charge in [-0.3, -0.25) is 9.59 Å². The summed E-state index contributed by atoms with van der Waals surface area (Å²) in [5.41, 5.74) is 2.20. The topological polar surface area (TPSA) is 66.4 Å². The van der Waals surface area contributed by atoms with Gasteiger partial charge in [-0.05, 0) is 35.4 Å². The van der Waals surface area contributed by atoms with Gasteiger partial charge in [0.1, 0.15) is 5.82 Å². The molecule has 0 bridgehead atoms. The molecule has 0 saturated carbocycles. The zero-order valence-electron chi connectivity index (χ0n) is 13.9. The number of hydrogen-bond acceptors (Lipinski definition) is 4. The van der Waals surface area contributed by atoms with Crippen molar-refractivity contribution in [2.24, 2.45) is 0 Å². The lowest BCUT2D eigenvalue weighted by atomic mass is 10.0. The van der Waals surface area contributed by atoms with Crippen LogP contribution in [0.15, 0.2) is 48.5 Å². The first-order valence-corrected chi connectivity index (χ1v) is 10.2. The predicted molar refractivity (Wildman–Crippen MR) is 103 cm³/mol. The minimum atomic E-state index is -1.04. The van der Waals surface area contributed by atoms with Gasteiger partial charge in [-0.25, -0.2) is 4.39 Å². The molecule has 136 valence electrons. The normalized spacial score (nSPS) is 15.6. The Hall–Kier alpha value is -1.99. The second kappa shape index (κ2) is 8.60. The van der Waals surface area contributed by atoms with Gasteiger partial charge in [-0.2, -0.15) is 0 Å². The Balaban J connectivity index is 1.72. The minimum absolute atomic E-state index is 0.273. The third-order valence-corrected chi connectivity index (χ3v) is 7.13. The smallest absolute Gasteiger partial charge is 0.305 e. The first kappa shape index (κ1) is 18.8. The number of rotatable bonds is 6. The van der Waals surface area contributed by atoms with E-state index in [1.807, 2.05) is 35.7 Å². The van der Waals surface area contributed by atoms with Gasteiger partial charge in [0.05, 0.1) is 17.0 Å². The monoisotopic (exact) mass is 391 g/mol. The number of thioether (sulfide) groups is 2. The van der Waals surface area contributed by atoms with Gasteiger partial charge < -0.3 is 10.4 Å². The lowest BCUT2D eigenvalue weighted by molar-refractivity contribution is -0.137. The van der Waals surface area contributed by atoms with Gasteiger partial charge in [-0.15, -0.1) is 23.5 Å². The molecule has 2 N–H and O–H groups in total. The summed E-state index contributed by atoms with van der Waals surface area (Å²) >= 11 is 3.78. The average molecular weight is 391 g/mol. The maximum absolute atomic E-state index is 13.1. The van der Waals surface area contributed by atoms with Crippen LogP contribution in [0.25, 0.3) is 0 Å². The standard InChI is InChI=1S/C19H18FNO3S2/c20-15-7-5-12(6-8-15)16(11-17(22)23)21-18(24)13-1-3-14(4-2-13)19-25-9-10-26-19/h1-8,16,19H,9-11H2,(H,21,24)(H,22,23). The summed E-state index contributed by atoms with van der Waals surface area (Å²) in [6.45, 7) is 0. The van der Waals surface area contributed by atoms with Crippen molar-refractivity contribution in [3.63, 3.8) is 0 Å². The Bertz CT molecular complexity index is 774. The van der Waals surface area contributed by atoms with Crippen LogP contribution < -0.4 is 5.32 Å². The van der Waals surface area contributed by atoms with E-state index < -0.39 is 17.8 Å². The van der Waals surface area contributed by atoms with Crippen molar-refractivity contribution in [2.75, 3.05) is 11.5 Å². The summed E-state index contributed by atoms with van der Waals surface area (Å²) < 4.78 is 13.5. The Morgan fingerprint density at radius 2 is 1.69 bits per heavy atom. The third kappa shape index (κ3) is 4.80. The van der Waals surface area contributed by atoms with Crippen LogP contribution in [0.2, 0.25) is 0 Å². The van der Waals surface area contributed by atoms with Gasteiger partial charge in [0, 0.05) is 17.1 Å². The first-order valence-electron chi connectivity index (χ1n) is 8.14. The van der Waals surface area contributed by atoms with E-state index in [1.165, 1.54) is 29.8 Å². The van der Waals surface area contributed by atoms with Crippen LogP contribution in [-0.4, -0.2) is 28.5 Å². The SMILES string of the molecule is O=C(O)CC(NC(=O)c1ccc(C2SCCS2)cc1)c1ccc(F)cc1. The van der Waals surface area contributed by atoms with E-state index in [1.54, 1.807) is 12.1 Å². The van der Waals surface area contributed by atoms with Crippen molar-refractivity contribution in [3.8, 4) is 0 Å². The zero-order chi connectivity index (χ0) is 18.5. The second-order valence-corrected chi connectivity index (χ2v) is 8.60. The fraction of sp³-hybridized carbons (Fsp3) is 0.263. The predicted octanol–water partition coefficient (Wildman–Crippen LogP) is 4.25. The van der Waals surface area contributed by atoms with Gasteiger partial charge in [0.15, 0.2) is 0 Å². The first-order chi connectivity index (χ1) is 12.5. The second-order valence-electron chi connectivity index (χ2n) is 5.87. The van der Waals surface area contributed by atoms with E-state index in [-0.39, 0.29) is 12.3 Å². The molecule has 0 aromatic heterocycles. The number of halogens is 1. The highest BCUT2D eigenvalue weighted by molar-refractivity contribution is 8.19. The minimum Gasteiger partial charge on any atom is -0.481 e. The number of carbonyl (C=O) groups excluding carboxylic acids is 1. The summed E-state index contributed by atoms with van der Waals surface area (Å²) in [5, 5.41) is 11.8. The molecule has 0 aliphatic carbocycles. The molecule has 1 heterocycles. The molecule has 1 unspecified atom stereocenters. The van der Waals surface area contributed by atoms with Gasteiger partial charge in [-0.1, -0.05) is 24.3 Å². The van der Waals surface area contributed by atoms with Crippen LogP contribution in [0.4, 0.5) is 4.39 Å². The van der Waals surface area contributed by atoms with Gasteiger partial charge in [0.2, 0.25) is 0 Å². The molecule has 0 spiro atoms. The highest BCUT2D eigenvalue weighted by Gasteiger charge is 2.21. The average Bonchev–Trinajstić information content (AvgIpc) is 3.16. The number of aliphatic carboxylic acids is 1. The summed E-state index contributed by atoms with van der Waals surface area (Å²) in [5.74, 6) is 0.467. The fourth-order valence-corrected chi connectivity index (χ4v) is 5.57. The number of carboxylic acids is 1. The lowest BCUT2D eigenvalue weighted by Gasteiger charge is -2.18. The van der Waals surface area contributed by atoms with Crippen LogP contribution in [-0.2, 0) is 4.79 Å². The largest absolute Gasteiger partial charge is 0.481 e. The van der Waals surface area contributed by atoms with E-state index in [4.69, 9.17) is 5.11 Å². The number of hydrogen-bond donors (Lipinski definition) is 2. The molecule has 1 saturated heterocycles. The molecule has 26 heavy (non-hydrogen) atoms. The Labute approximate surface area is 159 Å². The van der Waals surface area contributed by atoms with E-state index in [9.17, 15) is 14.0 Å². The van der Waals surface area contributed by atoms with Gasteiger partial charge >= 0.3 is 5.97 Å². The number of carbonyl (C=O) groups is 2. The lowest BCUT2D eigenvalue weighted by Crippen LogP contribution is -2.30. The maximum Gasteiger partial charge on any atom is 0.305 e. The molecule has 1 atom stereocenters. The maximum atomic E-state index is 13.1. The van der Waals surface area contributed by atoms with Crippen molar-refractivity contribution >= 4 is 35.4 Å². The molecule has 7 heteroatoms. The van der Waals surface area contributed by atoms with E-state index in [0.717, 1.165) is 11.5 Å². The molecule has 1 amide bonds. The summed E-state index contributed by atoms with van der Waals surface area (Å²) in [6.07, 6.45) is -0.273. The number of carboxylic acid groups (broad SMARTS) is 1. The molecule has 1 aliphatic heterocycles. The van der Waals surface area contributed by atoms with Crippen molar-refractivity contribution in [1.29, 1.82) is 0 Å². The zero-order valence-corrected chi connectivity index (χ0v) is 15.5. The summed E-state index contributed by atoms with van der Waals surface area (Å²) in [7, 11) is 0. The Morgan fingerprint density at radius 1 is 1.08 bits per heavy atom. The molecule has 4 nitrogen and oxygen atoms in total. The Morgan fingerprint density at radius 3 is 2.27 bits per heavy atom. The quantitative estimate of drug-likeness (QED) is 0.771. The van der Waals surface area contributed by atoms with Crippen LogP contribution in [0.1, 0.15) is 38.5 Å². The molecule has 1 fully saturated rings. The van der Waals surface area contributed by atoms with Crippen molar-refractivity contribution in [1.82, 2.24) is 5.32 Å². The van der Waals surface area contributed by atoms with Crippen molar-refractivity contribution < 1.29 is 19.1 Å². The van der Waals surface area contributed by atoms with E-state index in [0.29, 0.717) is 15.7 Å². The van der Waals surface area contributed by atoms with Crippen molar-refractivity contribution in [2.45, 2.75) is 17.0 Å². The van der Waals surface area contributed by atoms with Crippen LogP contribution in [0, 0.1) is 5.82 Å². The molecule has 0 radical (unpaired) electrons. The molecule has 2 aromatic rings. The summed E-state index contributed by atoms with van der Waals surface area (Å²) in [4.78, 5) is 23.7. The molecule has 1 aliphatic rings. The van der Waals surface area contributed by atoms with Gasteiger partial charge in [0.25, 0.3) is 5.91 Å².